The molecular formula is C29H29ClN6O. The number of hydrogen-bond donors (Lipinski definition) is 0. The maximum absolute atomic E-state index is 12.9. The molecule has 0 bridgehead atoms. The molecule has 4 heterocycles. The summed E-state index contributed by atoms with van der Waals surface area (Å²) in [4.78, 5) is 27.0. The van der Waals surface area contributed by atoms with Crippen molar-refractivity contribution >= 4 is 28.3 Å². The van der Waals surface area contributed by atoms with Gasteiger partial charge in [-0.05, 0) is 62.2 Å². The fraction of sp³-hybridized carbons (Fsp3) is 0.310. The highest BCUT2D eigenvalue weighted by atomic mass is 35.5. The van der Waals surface area contributed by atoms with E-state index in [4.69, 9.17) is 16.6 Å². The molecule has 4 aromatic rings. The number of fused-ring (bicyclic) bond motifs is 1. The molecule has 1 fully saturated rings. The molecule has 3 atom stereocenters. The number of aromatic nitrogens is 3. The van der Waals surface area contributed by atoms with Gasteiger partial charge in [0.1, 0.15) is 17.3 Å². The van der Waals surface area contributed by atoms with Crippen LogP contribution in [0.5, 0.6) is 0 Å². The van der Waals surface area contributed by atoms with Crippen LogP contribution in [0.25, 0.3) is 11.0 Å². The Labute approximate surface area is 221 Å². The molecule has 5 rings (SSSR count). The number of aryl methyl sites for hydroxylation is 2. The molecule has 0 amide bonds. The second kappa shape index (κ2) is 9.97. The zero-order valence-electron chi connectivity index (χ0n) is 21.4. The first-order valence-electron chi connectivity index (χ1n) is 12.4. The number of benzene rings is 1. The summed E-state index contributed by atoms with van der Waals surface area (Å²) in [5.41, 5.74) is 5.55. The van der Waals surface area contributed by atoms with E-state index in [1.807, 2.05) is 31.3 Å². The molecule has 0 N–H and O–H groups in total. The van der Waals surface area contributed by atoms with Gasteiger partial charge in [-0.15, -0.1) is 0 Å². The van der Waals surface area contributed by atoms with Crippen molar-refractivity contribution in [1.29, 1.82) is 5.26 Å². The Morgan fingerprint density at radius 3 is 2.59 bits per heavy atom. The minimum Gasteiger partial charge on any atom is -0.364 e. The van der Waals surface area contributed by atoms with Crippen molar-refractivity contribution in [2.75, 3.05) is 18.0 Å². The summed E-state index contributed by atoms with van der Waals surface area (Å²) in [6.45, 7) is 7.82. The van der Waals surface area contributed by atoms with E-state index in [-0.39, 0.29) is 23.7 Å². The lowest BCUT2D eigenvalue weighted by Gasteiger charge is -2.48. The molecule has 8 heteroatoms. The van der Waals surface area contributed by atoms with Crippen molar-refractivity contribution in [2.45, 2.75) is 38.9 Å². The quantitative estimate of drug-likeness (QED) is 0.389. The van der Waals surface area contributed by atoms with Crippen LogP contribution in [-0.4, -0.2) is 44.6 Å². The third-order valence-corrected chi connectivity index (χ3v) is 7.47. The standard InChI is InChI=1S/C29H29ClN6O/c1-18-8-10-24(32-15-18)29(21-6-5-7-22(30)12-21)36-17-19(2)35(16-20(36)3)26-13-27(37)34(4)25-11-9-23(14-31)33-28(25)26/h5-13,15,19-20,29H,16-17H2,1-4H3/t19-,20?,29?/m0/s1. The maximum atomic E-state index is 12.9. The molecule has 0 radical (unpaired) electrons. The minimum atomic E-state index is -0.100. The van der Waals surface area contributed by atoms with Crippen LogP contribution in [0.1, 0.15) is 42.4 Å². The molecule has 37 heavy (non-hydrogen) atoms. The first-order chi connectivity index (χ1) is 17.8. The van der Waals surface area contributed by atoms with Crippen LogP contribution in [0.2, 0.25) is 5.02 Å². The molecule has 188 valence electrons. The van der Waals surface area contributed by atoms with Gasteiger partial charge < -0.3 is 9.47 Å². The van der Waals surface area contributed by atoms with Gasteiger partial charge in [-0.25, -0.2) is 4.98 Å². The van der Waals surface area contributed by atoms with Gasteiger partial charge >= 0.3 is 0 Å². The van der Waals surface area contributed by atoms with E-state index in [1.54, 1.807) is 29.8 Å². The Morgan fingerprint density at radius 1 is 1.08 bits per heavy atom. The minimum absolute atomic E-state index is 0.0670. The lowest BCUT2D eigenvalue weighted by atomic mass is 9.96. The lowest BCUT2D eigenvalue weighted by Crippen LogP contribution is -2.57. The molecule has 1 aliphatic heterocycles. The molecule has 7 nitrogen and oxygen atoms in total. The average Bonchev–Trinajstić information content (AvgIpc) is 2.89. The summed E-state index contributed by atoms with van der Waals surface area (Å²) in [6.07, 6.45) is 1.90. The largest absolute Gasteiger partial charge is 0.364 e. The molecule has 0 spiro atoms. The van der Waals surface area contributed by atoms with Gasteiger partial charge in [-0.1, -0.05) is 29.8 Å². The molecular weight excluding hydrogens is 484 g/mol. The molecule has 2 unspecified atom stereocenters. The lowest BCUT2D eigenvalue weighted by molar-refractivity contribution is 0.128. The van der Waals surface area contributed by atoms with Crippen LogP contribution in [-0.2, 0) is 7.05 Å². The molecule has 1 aliphatic rings. The topological polar surface area (TPSA) is 78.0 Å². The Kier molecular flexibility index (Phi) is 6.72. The van der Waals surface area contributed by atoms with E-state index in [0.717, 1.165) is 29.1 Å². The highest BCUT2D eigenvalue weighted by molar-refractivity contribution is 6.30. The summed E-state index contributed by atoms with van der Waals surface area (Å²) >= 11 is 6.41. The number of anilines is 1. The highest BCUT2D eigenvalue weighted by Gasteiger charge is 2.36. The first-order valence-corrected chi connectivity index (χ1v) is 12.8. The fourth-order valence-corrected chi connectivity index (χ4v) is 5.49. The van der Waals surface area contributed by atoms with Crippen LogP contribution >= 0.6 is 11.6 Å². The van der Waals surface area contributed by atoms with Gasteiger partial charge in [-0.2, -0.15) is 5.26 Å². The van der Waals surface area contributed by atoms with Crippen molar-refractivity contribution < 1.29 is 0 Å². The maximum Gasteiger partial charge on any atom is 0.252 e. The van der Waals surface area contributed by atoms with E-state index < -0.39 is 0 Å². The van der Waals surface area contributed by atoms with Gasteiger partial charge in [0.05, 0.1) is 22.9 Å². The van der Waals surface area contributed by atoms with E-state index in [9.17, 15) is 10.1 Å². The Morgan fingerprint density at radius 2 is 1.89 bits per heavy atom. The summed E-state index contributed by atoms with van der Waals surface area (Å²) in [5, 5.41) is 10.1. The van der Waals surface area contributed by atoms with E-state index in [2.05, 4.69) is 52.9 Å². The van der Waals surface area contributed by atoms with E-state index >= 15 is 0 Å². The number of halogens is 1. The van der Waals surface area contributed by atoms with Gasteiger partial charge in [0, 0.05) is 49.5 Å². The Hall–Kier alpha value is -3.73. The summed E-state index contributed by atoms with van der Waals surface area (Å²) in [5.74, 6) is 0. The van der Waals surface area contributed by atoms with Crippen molar-refractivity contribution in [1.82, 2.24) is 19.4 Å². The molecule has 1 saturated heterocycles. The molecule has 3 aromatic heterocycles. The first kappa shape index (κ1) is 24.9. The van der Waals surface area contributed by atoms with Gasteiger partial charge in [-0.3, -0.25) is 14.7 Å². The van der Waals surface area contributed by atoms with Crippen LogP contribution in [0.4, 0.5) is 5.69 Å². The van der Waals surface area contributed by atoms with Crippen LogP contribution in [0.15, 0.2) is 65.6 Å². The SMILES string of the molecule is Cc1ccc(C(c2cccc(Cl)c2)N2C[C@H](C)N(c3cc(=O)n(C)c4ccc(C#N)nc34)CC2C)nc1. The predicted octanol–water partition coefficient (Wildman–Crippen LogP) is 4.85. The number of piperazine rings is 1. The van der Waals surface area contributed by atoms with Crippen LogP contribution in [0, 0.1) is 18.3 Å². The Balaban J connectivity index is 1.56. The van der Waals surface area contributed by atoms with Crippen LogP contribution in [0.3, 0.4) is 0 Å². The monoisotopic (exact) mass is 512 g/mol. The van der Waals surface area contributed by atoms with Gasteiger partial charge in [0.25, 0.3) is 5.56 Å². The average molecular weight is 513 g/mol. The zero-order valence-corrected chi connectivity index (χ0v) is 22.1. The zero-order chi connectivity index (χ0) is 26.3. The highest BCUT2D eigenvalue weighted by Crippen LogP contribution is 2.36. The summed E-state index contributed by atoms with van der Waals surface area (Å²) in [6, 6.07) is 19.5. The molecule has 0 aliphatic carbocycles. The molecule has 1 aromatic carbocycles. The normalized spacial score (nSPS) is 19.1. The molecule has 0 saturated carbocycles. The number of pyridine rings is 3. The number of nitrogens with zero attached hydrogens (tertiary/aromatic N) is 6. The second-order valence-electron chi connectivity index (χ2n) is 9.87. The van der Waals surface area contributed by atoms with Crippen molar-refractivity contribution in [3.05, 3.63) is 98.7 Å². The number of rotatable bonds is 4. The Bertz CT molecular complexity index is 1560. The smallest absolute Gasteiger partial charge is 0.252 e. The second-order valence-corrected chi connectivity index (χ2v) is 10.3. The predicted molar refractivity (Wildman–Crippen MR) is 147 cm³/mol. The number of hydrogen-bond acceptors (Lipinski definition) is 6. The summed E-state index contributed by atoms with van der Waals surface area (Å²) < 4.78 is 1.58. The third-order valence-electron chi connectivity index (χ3n) is 7.24. The van der Waals surface area contributed by atoms with Crippen molar-refractivity contribution in [2.24, 2.45) is 7.05 Å². The summed E-state index contributed by atoms with van der Waals surface area (Å²) in [7, 11) is 1.73. The van der Waals surface area contributed by atoms with Gasteiger partial charge in [0.2, 0.25) is 0 Å². The van der Waals surface area contributed by atoms with Crippen molar-refractivity contribution in [3.8, 4) is 6.07 Å². The number of nitriles is 1. The fourth-order valence-electron chi connectivity index (χ4n) is 5.29. The van der Waals surface area contributed by atoms with Gasteiger partial charge in [0.15, 0.2) is 0 Å². The van der Waals surface area contributed by atoms with Crippen molar-refractivity contribution in [3.63, 3.8) is 0 Å². The van der Waals surface area contributed by atoms with Crippen LogP contribution < -0.4 is 10.5 Å². The third kappa shape index (κ3) is 4.71. The van der Waals surface area contributed by atoms with E-state index in [1.165, 1.54) is 0 Å². The van der Waals surface area contributed by atoms with E-state index in [0.29, 0.717) is 28.3 Å².